The summed E-state index contributed by atoms with van der Waals surface area (Å²) in [5.41, 5.74) is 6.96. The molecule has 1 aromatic heterocycles. The molecular weight excluding hydrogens is 314 g/mol. The fraction of sp³-hybridized carbons (Fsp3) is 0.250. The molecule has 0 fully saturated rings. The highest BCUT2D eigenvalue weighted by molar-refractivity contribution is 6.07. The van der Waals surface area contributed by atoms with Gasteiger partial charge < -0.3 is 4.42 Å². The fourth-order valence-electron chi connectivity index (χ4n) is 3.33. The largest absolute Gasteiger partial charge is 0.436 e. The molecule has 5 heteroatoms. The maximum absolute atomic E-state index is 11.9. The van der Waals surface area contributed by atoms with E-state index in [9.17, 15) is 4.79 Å². The number of oxazole rings is 1. The topological polar surface area (TPSA) is 67.5 Å². The SMILES string of the molecule is CC[C@@H]1C(c2ccc3nc(-c4ccccc4)oc3c2)=NNC(=O)[C@H]1C. The van der Waals surface area contributed by atoms with Crippen LogP contribution in [0.1, 0.15) is 25.8 Å². The van der Waals surface area contributed by atoms with Gasteiger partial charge in [-0.2, -0.15) is 5.10 Å². The van der Waals surface area contributed by atoms with E-state index >= 15 is 0 Å². The Bertz CT molecular complexity index is 959. The van der Waals surface area contributed by atoms with Crippen molar-refractivity contribution < 1.29 is 9.21 Å². The zero-order valence-corrected chi connectivity index (χ0v) is 14.2. The van der Waals surface area contributed by atoms with Crippen molar-refractivity contribution in [2.75, 3.05) is 0 Å². The molecule has 1 amide bonds. The smallest absolute Gasteiger partial charge is 0.243 e. The Balaban J connectivity index is 1.75. The quantitative estimate of drug-likeness (QED) is 0.788. The maximum atomic E-state index is 11.9. The minimum atomic E-state index is -0.0946. The van der Waals surface area contributed by atoms with Crippen molar-refractivity contribution in [3.05, 3.63) is 54.1 Å². The zero-order chi connectivity index (χ0) is 17.4. The van der Waals surface area contributed by atoms with Crippen LogP contribution in [0.2, 0.25) is 0 Å². The van der Waals surface area contributed by atoms with Crippen LogP contribution in [0.25, 0.3) is 22.6 Å². The summed E-state index contributed by atoms with van der Waals surface area (Å²) >= 11 is 0. The van der Waals surface area contributed by atoms with Crippen molar-refractivity contribution in [2.24, 2.45) is 16.9 Å². The molecule has 0 saturated carbocycles. The highest BCUT2D eigenvalue weighted by Crippen LogP contribution is 2.29. The first kappa shape index (κ1) is 15.6. The van der Waals surface area contributed by atoms with Crippen LogP contribution in [-0.4, -0.2) is 16.6 Å². The van der Waals surface area contributed by atoms with E-state index < -0.39 is 0 Å². The number of nitrogens with one attached hydrogen (secondary N) is 1. The normalized spacial score (nSPS) is 20.4. The summed E-state index contributed by atoms with van der Waals surface area (Å²) in [5.74, 6) is 0.584. The van der Waals surface area contributed by atoms with Crippen molar-refractivity contribution in [3.8, 4) is 11.5 Å². The van der Waals surface area contributed by atoms with E-state index in [4.69, 9.17) is 4.42 Å². The van der Waals surface area contributed by atoms with E-state index in [1.165, 1.54) is 0 Å². The van der Waals surface area contributed by atoms with Gasteiger partial charge in [0.05, 0.1) is 5.71 Å². The lowest BCUT2D eigenvalue weighted by molar-refractivity contribution is -0.125. The molecule has 1 aliphatic rings. The van der Waals surface area contributed by atoms with Gasteiger partial charge in [0.2, 0.25) is 11.8 Å². The Morgan fingerprint density at radius 2 is 1.92 bits per heavy atom. The van der Waals surface area contributed by atoms with Gasteiger partial charge in [-0.05, 0) is 30.7 Å². The standard InChI is InChI=1S/C20H19N3O2/c1-3-15-12(2)19(24)23-22-18(15)14-9-10-16-17(11-14)25-20(21-16)13-7-5-4-6-8-13/h4-12,15H,3H2,1-2H3,(H,23,24)/t12-,15-/m0/s1. The highest BCUT2D eigenvalue weighted by Gasteiger charge is 2.31. The van der Waals surface area contributed by atoms with E-state index in [0.29, 0.717) is 5.89 Å². The van der Waals surface area contributed by atoms with Crippen molar-refractivity contribution in [3.63, 3.8) is 0 Å². The molecule has 0 spiro atoms. The summed E-state index contributed by atoms with van der Waals surface area (Å²) in [6.07, 6.45) is 0.858. The minimum Gasteiger partial charge on any atom is -0.436 e. The summed E-state index contributed by atoms with van der Waals surface area (Å²) in [7, 11) is 0. The van der Waals surface area contributed by atoms with Gasteiger partial charge in [-0.15, -0.1) is 0 Å². The van der Waals surface area contributed by atoms with E-state index in [2.05, 4.69) is 22.4 Å². The number of carbonyl (C=O) groups excluding carboxylic acids is 1. The van der Waals surface area contributed by atoms with Gasteiger partial charge in [0.1, 0.15) is 5.52 Å². The third-order valence-corrected chi connectivity index (χ3v) is 4.80. The number of nitrogens with zero attached hydrogens (tertiary/aromatic N) is 2. The van der Waals surface area contributed by atoms with Gasteiger partial charge in [-0.3, -0.25) is 4.79 Å². The Morgan fingerprint density at radius 1 is 1.12 bits per heavy atom. The van der Waals surface area contributed by atoms with Crippen LogP contribution in [-0.2, 0) is 4.79 Å². The molecule has 0 bridgehead atoms. The third kappa shape index (κ3) is 2.71. The Labute approximate surface area is 145 Å². The van der Waals surface area contributed by atoms with E-state index in [1.807, 2.05) is 55.5 Å². The van der Waals surface area contributed by atoms with Gasteiger partial charge in [0.25, 0.3) is 0 Å². The molecule has 4 rings (SSSR count). The van der Waals surface area contributed by atoms with Crippen LogP contribution in [0.4, 0.5) is 0 Å². The third-order valence-electron chi connectivity index (χ3n) is 4.80. The van der Waals surface area contributed by atoms with Gasteiger partial charge in [0.15, 0.2) is 5.58 Å². The first-order valence-electron chi connectivity index (χ1n) is 8.51. The number of benzene rings is 2. The Kier molecular flexibility index (Phi) is 3.84. The van der Waals surface area contributed by atoms with Gasteiger partial charge in [-0.1, -0.05) is 38.1 Å². The molecule has 126 valence electrons. The minimum absolute atomic E-state index is 0.0253. The molecule has 0 aliphatic carbocycles. The molecule has 1 aliphatic heterocycles. The molecule has 25 heavy (non-hydrogen) atoms. The summed E-state index contributed by atoms with van der Waals surface area (Å²) in [5, 5.41) is 4.31. The van der Waals surface area contributed by atoms with Crippen LogP contribution in [0.3, 0.4) is 0 Å². The number of aromatic nitrogens is 1. The summed E-state index contributed by atoms with van der Waals surface area (Å²) in [6, 6.07) is 15.7. The first-order valence-corrected chi connectivity index (χ1v) is 8.51. The summed E-state index contributed by atoms with van der Waals surface area (Å²) in [6.45, 7) is 4.02. The lowest BCUT2D eigenvalue weighted by Crippen LogP contribution is -2.40. The van der Waals surface area contributed by atoms with Crippen LogP contribution in [0, 0.1) is 11.8 Å². The predicted molar refractivity (Wildman–Crippen MR) is 97.1 cm³/mol. The molecule has 2 aromatic carbocycles. The molecule has 1 N–H and O–H groups in total. The van der Waals surface area contributed by atoms with E-state index in [1.54, 1.807) is 0 Å². The van der Waals surface area contributed by atoms with Crippen LogP contribution in [0.15, 0.2) is 58.0 Å². The summed E-state index contributed by atoms with van der Waals surface area (Å²) in [4.78, 5) is 16.4. The van der Waals surface area contributed by atoms with Crippen LogP contribution >= 0.6 is 0 Å². The number of hydrogen-bond donors (Lipinski definition) is 1. The number of fused-ring (bicyclic) bond motifs is 1. The van der Waals surface area contributed by atoms with Gasteiger partial charge in [-0.25, -0.2) is 10.4 Å². The number of hydrazone groups is 1. The average Bonchev–Trinajstić information content (AvgIpc) is 3.08. The molecule has 2 heterocycles. The lowest BCUT2D eigenvalue weighted by Gasteiger charge is -2.27. The number of hydrogen-bond acceptors (Lipinski definition) is 4. The maximum Gasteiger partial charge on any atom is 0.243 e. The molecular formula is C20H19N3O2. The monoisotopic (exact) mass is 333 g/mol. The zero-order valence-electron chi connectivity index (χ0n) is 14.2. The van der Waals surface area contributed by atoms with E-state index in [0.717, 1.165) is 34.4 Å². The first-order chi connectivity index (χ1) is 12.2. The van der Waals surface area contributed by atoms with Crippen LogP contribution < -0.4 is 5.43 Å². The number of amides is 1. The lowest BCUT2D eigenvalue weighted by atomic mass is 9.83. The molecule has 0 unspecified atom stereocenters. The van der Waals surface area contributed by atoms with Crippen molar-refractivity contribution in [2.45, 2.75) is 20.3 Å². The Hall–Kier alpha value is -2.95. The highest BCUT2D eigenvalue weighted by atomic mass is 16.3. The Morgan fingerprint density at radius 3 is 2.68 bits per heavy atom. The van der Waals surface area contributed by atoms with Gasteiger partial charge >= 0.3 is 0 Å². The van der Waals surface area contributed by atoms with Crippen molar-refractivity contribution in [1.29, 1.82) is 0 Å². The predicted octanol–water partition coefficient (Wildman–Crippen LogP) is 3.99. The second-order valence-corrected chi connectivity index (χ2v) is 6.34. The summed E-state index contributed by atoms with van der Waals surface area (Å²) < 4.78 is 5.95. The molecule has 3 aromatic rings. The molecule has 0 radical (unpaired) electrons. The second kappa shape index (κ2) is 6.16. The van der Waals surface area contributed by atoms with Crippen molar-refractivity contribution in [1.82, 2.24) is 10.4 Å². The van der Waals surface area contributed by atoms with Crippen molar-refractivity contribution >= 4 is 22.7 Å². The molecule has 2 atom stereocenters. The number of rotatable bonds is 3. The van der Waals surface area contributed by atoms with E-state index in [-0.39, 0.29) is 17.7 Å². The molecule has 5 nitrogen and oxygen atoms in total. The average molecular weight is 333 g/mol. The molecule has 0 saturated heterocycles. The fourth-order valence-corrected chi connectivity index (χ4v) is 3.33. The van der Waals surface area contributed by atoms with Crippen LogP contribution in [0.5, 0.6) is 0 Å². The number of carbonyl (C=O) groups is 1. The second-order valence-electron chi connectivity index (χ2n) is 6.34. The van der Waals surface area contributed by atoms with Gasteiger partial charge in [0, 0.05) is 23.0 Å².